The second kappa shape index (κ2) is 10.1. The van der Waals surface area contributed by atoms with Crippen LogP contribution >= 0.6 is 0 Å². The molecule has 0 atom stereocenters. The molecular formula is C24H25N5O4S. The van der Waals surface area contributed by atoms with Crippen LogP contribution in [-0.2, 0) is 16.4 Å². The van der Waals surface area contributed by atoms with Crippen molar-refractivity contribution >= 4 is 27.3 Å². The normalized spacial score (nSPS) is 15.0. The second-order valence-electron chi connectivity index (χ2n) is 7.96. The minimum Gasteiger partial charge on any atom is -0.324 e. The summed E-state index contributed by atoms with van der Waals surface area (Å²) in [6.07, 6.45) is 4.88. The van der Waals surface area contributed by atoms with Crippen LogP contribution in [0, 0.1) is 0 Å². The second-order valence-corrected chi connectivity index (χ2v) is 10.3. The molecule has 4 rings (SSSR count). The highest BCUT2D eigenvalue weighted by Gasteiger charge is 2.29. The van der Waals surface area contributed by atoms with Crippen LogP contribution in [0.15, 0.2) is 67.1 Å². The van der Waals surface area contributed by atoms with Crippen molar-refractivity contribution in [3.05, 3.63) is 78.4 Å². The van der Waals surface area contributed by atoms with Crippen molar-refractivity contribution in [2.24, 2.45) is 5.73 Å². The minimum atomic E-state index is -3.12. The molecule has 3 heterocycles. The predicted molar refractivity (Wildman–Crippen MR) is 129 cm³/mol. The van der Waals surface area contributed by atoms with Gasteiger partial charge in [-0.25, -0.2) is 13.2 Å². The molecule has 10 heteroatoms. The number of carbonyl (C=O) groups is 2. The van der Waals surface area contributed by atoms with E-state index >= 15 is 0 Å². The van der Waals surface area contributed by atoms with E-state index in [1.54, 1.807) is 34.3 Å². The highest BCUT2D eigenvalue weighted by Crippen LogP contribution is 2.25. The smallest absolute Gasteiger partial charge is 0.324 e. The standard InChI is InChI=1S/C24H25N5O4S/c25-15-23(30)20-1-4-21(27-16-20)17-29(24(31)28-11-13-34(32,33)14-12-28)22-5-2-18(3-6-22)19-7-9-26-10-8-19/h1-10,16H,11-15,17,25H2. The number of sulfone groups is 1. The number of nitrogens with zero attached hydrogens (tertiary/aromatic N) is 4. The van der Waals surface area contributed by atoms with E-state index in [0.717, 1.165) is 11.1 Å². The third kappa shape index (κ3) is 5.46. The molecule has 1 aliphatic heterocycles. The van der Waals surface area contributed by atoms with Gasteiger partial charge in [0.1, 0.15) is 0 Å². The number of hydrogen-bond acceptors (Lipinski definition) is 7. The number of hydrogen-bond donors (Lipinski definition) is 1. The first-order chi connectivity index (χ1) is 16.4. The summed E-state index contributed by atoms with van der Waals surface area (Å²) in [5.74, 6) is -0.322. The number of ketones is 1. The molecule has 0 radical (unpaired) electrons. The van der Waals surface area contributed by atoms with Gasteiger partial charge in [0.2, 0.25) is 0 Å². The quantitative estimate of drug-likeness (QED) is 0.537. The Morgan fingerprint density at radius 2 is 1.59 bits per heavy atom. The first-order valence-corrected chi connectivity index (χ1v) is 12.6. The van der Waals surface area contributed by atoms with Gasteiger partial charge in [0, 0.05) is 42.9 Å². The van der Waals surface area contributed by atoms with Gasteiger partial charge in [0.25, 0.3) is 0 Å². The van der Waals surface area contributed by atoms with E-state index in [4.69, 9.17) is 5.73 Å². The van der Waals surface area contributed by atoms with Gasteiger partial charge in [0.05, 0.1) is 30.3 Å². The number of urea groups is 1. The van der Waals surface area contributed by atoms with E-state index in [9.17, 15) is 18.0 Å². The molecule has 1 aliphatic rings. The fraction of sp³-hybridized carbons (Fsp3) is 0.250. The number of aromatic nitrogens is 2. The van der Waals surface area contributed by atoms with Crippen LogP contribution in [0.25, 0.3) is 11.1 Å². The maximum Gasteiger partial charge on any atom is 0.324 e. The molecule has 0 unspecified atom stereocenters. The van der Waals surface area contributed by atoms with Crippen LogP contribution in [0.5, 0.6) is 0 Å². The monoisotopic (exact) mass is 479 g/mol. The average molecular weight is 480 g/mol. The Bertz CT molecular complexity index is 1250. The Hall–Kier alpha value is -3.63. The molecule has 3 aromatic rings. The van der Waals surface area contributed by atoms with Crippen LogP contribution in [0.2, 0.25) is 0 Å². The van der Waals surface area contributed by atoms with Crippen molar-refractivity contribution in [3.8, 4) is 11.1 Å². The van der Waals surface area contributed by atoms with Crippen molar-refractivity contribution in [2.75, 3.05) is 36.0 Å². The fourth-order valence-electron chi connectivity index (χ4n) is 3.68. The minimum absolute atomic E-state index is 0.0539. The Labute approximate surface area is 198 Å². The molecule has 1 saturated heterocycles. The Kier molecular flexibility index (Phi) is 6.99. The summed E-state index contributed by atoms with van der Waals surface area (Å²) < 4.78 is 23.7. The number of benzene rings is 1. The number of rotatable bonds is 6. The molecule has 176 valence electrons. The third-order valence-corrected chi connectivity index (χ3v) is 7.30. The summed E-state index contributed by atoms with van der Waals surface area (Å²) >= 11 is 0. The molecule has 1 aromatic carbocycles. The summed E-state index contributed by atoms with van der Waals surface area (Å²) in [4.78, 5) is 36.7. The number of Topliss-reactive ketones (excluding diaryl/α,β-unsaturated/α-hetero) is 1. The summed E-state index contributed by atoms with van der Waals surface area (Å²) in [5, 5.41) is 0. The van der Waals surface area contributed by atoms with E-state index in [-0.39, 0.29) is 49.5 Å². The topological polar surface area (TPSA) is 127 Å². The maximum atomic E-state index is 13.4. The van der Waals surface area contributed by atoms with Crippen molar-refractivity contribution < 1.29 is 18.0 Å². The van der Waals surface area contributed by atoms with Gasteiger partial charge in [-0.1, -0.05) is 12.1 Å². The van der Waals surface area contributed by atoms with E-state index in [1.165, 1.54) is 6.20 Å². The average Bonchev–Trinajstić information content (AvgIpc) is 2.87. The molecule has 2 amide bonds. The van der Waals surface area contributed by atoms with Crippen LogP contribution in [0.3, 0.4) is 0 Å². The van der Waals surface area contributed by atoms with Crippen molar-refractivity contribution in [2.45, 2.75) is 6.54 Å². The number of nitrogens with two attached hydrogens (primary N) is 1. The predicted octanol–water partition coefficient (Wildman–Crippen LogP) is 2.14. The van der Waals surface area contributed by atoms with Gasteiger partial charge >= 0.3 is 6.03 Å². The van der Waals surface area contributed by atoms with E-state index < -0.39 is 9.84 Å². The number of amides is 2. The van der Waals surface area contributed by atoms with E-state index in [1.807, 2.05) is 36.4 Å². The number of carbonyl (C=O) groups excluding carboxylic acids is 2. The van der Waals surface area contributed by atoms with Crippen molar-refractivity contribution in [1.82, 2.24) is 14.9 Å². The molecule has 9 nitrogen and oxygen atoms in total. The molecule has 0 aliphatic carbocycles. The van der Waals surface area contributed by atoms with Gasteiger partial charge in [-0.3, -0.25) is 19.7 Å². The lowest BCUT2D eigenvalue weighted by atomic mass is 10.1. The largest absolute Gasteiger partial charge is 0.324 e. The van der Waals surface area contributed by atoms with E-state index in [0.29, 0.717) is 16.9 Å². The summed E-state index contributed by atoms with van der Waals surface area (Å²) in [6, 6.07) is 14.4. The third-order valence-electron chi connectivity index (χ3n) is 5.69. The summed E-state index contributed by atoms with van der Waals surface area (Å²) in [5.41, 5.74) is 9.04. The van der Waals surface area contributed by atoms with Crippen molar-refractivity contribution in [3.63, 3.8) is 0 Å². The van der Waals surface area contributed by atoms with Gasteiger partial charge in [-0.05, 0) is 47.5 Å². The van der Waals surface area contributed by atoms with Gasteiger partial charge < -0.3 is 10.6 Å². The van der Waals surface area contributed by atoms with Gasteiger partial charge in [0.15, 0.2) is 15.6 Å². The molecular weight excluding hydrogens is 454 g/mol. The number of pyridine rings is 2. The Morgan fingerprint density at radius 3 is 2.18 bits per heavy atom. The van der Waals surface area contributed by atoms with Gasteiger partial charge in [-0.15, -0.1) is 0 Å². The van der Waals surface area contributed by atoms with Crippen LogP contribution in [0.1, 0.15) is 16.1 Å². The zero-order valence-corrected chi connectivity index (χ0v) is 19.3. The lowest BCUT2D eigenvalue weighted by Crippen LogP contribution is -2.49. The maximum absolute atomic E-state index is 13.4. The SMILES string of the molecule is NCC(=O)c1ccc(CN(C(=O)N2CCS(=O)(=O)CC2)c2ccc(-c3ccncc3)cc2)nc1. The molecule has 0 spiro atoms. The van der Waals surface area contributed by atoms with E-state index in [2.05, 4.69) is 9.97 Å². The highest BCUT2D eigenvalue weighted by atomic mass is 32.2. The highest BCUT2D eigenvalue weighted by molar-refractivity contribution is 7.91. The molecule has 2 aromatic heterocycles. The molecule has 34 heavy (non-hydrogen) atoms. The van der Waals surface area contributed by atoms with Crippen LogP contribution < -0.4 is 10.6 Å². The lowest BCUT2D eigenvalue weighted by molar-refractivity contribution is 0.100. The number of anilines is 1. The van der Waals surface area contributed by atoms with Crippen LogP contribution in [-0.4, -0.2) is 66.2 Å². The molecule has 0 saturated carbocycles. The molecule has 1 fully saturated rings. The summed E-state index contributed by atoms with van der Waals surface area (Å²) in [6.45, 7) is 0.343. The fourth-order valence-corrected chi connectivity index (χ4v) is 4.89. The zero-order valence-electron chi connectivity index (χ0n) is 18.5. The summed E-state index contributed by atoms with van der Waals surface area (Å²) in [7, 11) is -3.12. The van der Waals surface area contributed by atoms with Crippen molar-refractivity contribution in [1.29, 1.82) is 0 Å². The zero-order chi connectivity index (χ0) is 24.1. The van der Waals surface area contributed by atoms with Gasteiger partial charge in [-0.2, -0.15) is 0 Å². The Balaban J connectivity index is 1.61. The molecule has 2 N–H and O–H groups in total. The first kappa shape index (κ1) is 23.5. The first-order valence-electron chi connectivity index (χ1n) is 10.8. The lowest BCUT2D eigenvalue weighted by Gasteiger charge is -2.33. The van der Waals surface area contributed by atoms with Crippen LogP contribution in [0.4, 0.5) is 10.5 Å². The molecule has 0 bridgehead atoms. The Morgan fingerprint density at radius 1 is 0.941 bits per heavy atom.